The molecule has 1 saturated heterocycles. The van der Waals surface area contributed by atoms with Crippen LogP contribution in [0.3, 0.4) is 0 Å². The first-order valence-corrected chi connectivity index (χ1v) is 13.9. The lowest BCUT2D eigenvalue weighted by atomic mass is 9.89. The summed E-state index contributed by atoms with van der Waals surface area (Å²) in [7, 11) is 0. The average Bonchev–Trinajstić information content (AvgIpc) is 3.12. The molecule has 0 N–H and O–H groups in total. The van der Waals surface area contributed by atoms with Gasteiger partial charge in [0.2, 0.25) is 0 Å². The van der Waals surface area contributed by atoms with Crippen LogP contribution in [0, 0.1) is 18.7 Å². The number of carbonyl (C=O) groups excluding carboxylic acids is 1. The van der Waals surface area contributed by atoms with Crippen molar-refractivity contribution in [3.63, 3.8) is 0 Å². The summed E-state index contributed by atoms with van der Waals surface area (Å²) in [5.41, 5.74) is 7.42. The number of rotatable bonds is 8. The Morgan fingerprint density at radius 3 is 2.46 bits per heavy atom. The quantitative estimate of drug-likeness (QED) is 0.314. The Morgan fingerprint density at radius 2 is 1.68 bits per heavy atom. The van der Waals surface area contributed by atoms with E-state index >= 15 is 0 Å². The minimum atomic E-state index is -0.194. The molecule has 0 bridgehead atoms. The Kier molecular flexibility index (Phi) is 8.48. The van der Waals surface area contributed by atoms with E-state index in [9.17, 15) is 9.18 Å². The minimum Gasteiger partial charge on any atom is -0.299 e. The predicted molar refractivity (Wildman–Crippen MR) is 148 cm³/mol. The van der Waals surface area contributed by atoms with E-state index in [4.69, 9.17) is 0 Å². The van der Waals surface area contributed by atoms with Gasteiger partial charge in [-0.25, -0.2) is 4.39 Å². The highest BCUT2D eigenvalue weighted by Gasteiger charge is 2.22. The van der Waals surface area contributed by atoms with E-state index in [-0.39, 0.29) is 11.6 Å². The van der Waals surface area contributed by atoms with E-state index in [0.717, 1.165) is 69.7 Å². The third-order valence-electron chi connectivity index (χ3n) is 8.30. The molecule has 0 unspecified atom stereocenters. The molecule has 0 saturated carbocycles. The van der Waals surface area contributed by atoms with Crippen LogP contribution in [0.4, 0.5) is 4.39 Å². The first kappa shape index (κ1) is 25.8. The van der Waals surface area contributed by atoms with Crippen LogP contribution >= 0.6 is 0 Å². The molecule has 0 amide bonds. The first-order valence-electron chi connectivity index (χ1n) is 13.9. The average molecular weight is 499 g/mol. The lowest BCUT2D eigenvalue weighted by molar-refractivity contribution is 0.0961. The number of aryl methyl sites for hydroxylation is 2. The SMILES string of the molecule is Cc1ccccc1CN1CCC(CCC(=O)c2ccc3c(c2)CN(Cc2ccc(F)cc2)CCC3)CC1. The molecule has 0 atom stereocenters. The lowest BCUT2D eigenvalue weighted by Gasteiger charge is -2.32. The molecule has 3 aromatic carbocycles. The van der Waals surface area contributed by atoms with Crippen LogP contribution in [0.1, 0.15) is 70.3 Å². The van der Waals surface area contributed by atoms with E-state index < -0.39 is 0 Å². The zero-order valence-electron chi connectivity index (χ0n) is 22.1. The number of likely N-dealkylation sites (tertiary alicyclic amines) is 1. The zero-order valence-corrected chi connectivity index (χ0v) is 22.1. The summed E-state index contributed by atoms with van der Waals surface area (Å²) < 4.78 is 13.3. The summed E-state index contributed by atoms with van der Waals surface area (Å²) in [6.45, 7) is 8.13. The predicted octanol–water partition coefficient (Wildman–Crippen LogP) is 6.96. The van der Waals surface area contributed by atoms with Gasteiger partial charge in [-0.2, -0.15) is 0 Å². The van der Waals surface area contributed by atoms with Crippen molar-refractivity contribution in [3.8, 4) is 0 Å². The molecule has 0 spiro atoms. The third-order valence-corrected chi connectivity index (χ3v) is 8.30. The highest BCUT2D eigenvalue weighted by Crippen LogP contribution is 2.26. The lowest BCUT2D eigenvalue weighted by Crippen LogP contribution is -2.33. The number of nitrogens with zero attached hydrogens (tertiary/aromatic N) is 2. The Bertz CT molecular complexity index is 1200. The maximum atomic E-state index is 13.3. The van der Waals surface area contributed by atoms with Crippen molar-refractivity contribution in [3.05, 3.63) is 106 Å². The Balaban J connectivity index is 1.12. The summed E-state index contributed by atoms with van der Waals surface area (Å²) in [6, 6.07) is 21.8. The molecule has 0 radical (unpaired) electrons. The zero-order chi connectivity index (χ0) is 25.6. The second-order valence-corrected chi connectivity index (χ2v) is 11.0. The molecule has 3 nitrogen and oxygen atoms in total. The Morgan fingerprint density at radius 1 is 0.892 bits per heavy atom. The van der Waals surface area contributed by atoms with Gasteiger partial charge in [0, 0.05) is 31.6 Å². The number of ketones is 1. The fourth-order valence-corrected chi connectivity index (χ4v) is 5.93. The summed E-state index contributed by atoms with van der Waals surface area (Å²) >= 11 is 0. The van der Waals surface area contributed by atoms with Crippen molar-refractivity contribution < 1.29 is 9.18 Å². The molecule has 3 aromatic rings. The smallest absolute Gasteiger partial charge is 0.162 e. The van der Waals surface area contributed by atoms with Crippen LogP contribution in [-0.2, 0) is 26.1 Å². The number of hydrogen-bond acceptors (Lipinski definition) is 3. The van der Waals surface area contributed by atoms with Gasteiger partial charge in [-0.1, -0.05) is 48.5 Å². The molecule has 2 aliphatic heterocycles. The normalized spacial score (nSPS) is 17.4. The second kappa shape index (κ2) is 12.1. The fraction of sp³-hybridized carbons (Fsp3) is 0.424. The highest BCUT2D eigenvalue weighted by molar-refractivity contribution is 5.96. The molecule has 194 valence electrons. The molecule has 0 aliphatic carbocycles. The first-order chi connectivity index (χ1) is 18.0. The molecule has 0 aromatic heterocycles. The fourth-order valence-electron chi connectivity index (χ4n) is 5.93. The van der Waals surface area contributed by atoms with Crippen molar-refractivity contribution in [2.75, 3.05) is 19.6 Å². The topological polar surface area (TPSA) is 23.6 Å². The molecular weight excluding hydrogens is 459 g/mol. The molecule has 4 heteroatoms. The van der Waals surface area contributed by atoms with Crippen LogP contribution in [0.15, 0.2) is 66.7 Å². The van der Waals surface area contributed by atoms with Gasteiger partial charge in [-0.3, -0.25) is 14.6 Å². The maximum Gasteiger partial charge on any atom is 0.162 e. The van der Waals surface area contributed by atoms with Crippen molar-refractivity contribution in [2.24, 2.45) is 5.92 Å². The van der Waals surface area contributed by atoms with Crippen molar-refractivity contribution in [1.82, 2.24) is 9.80 Å². The Hall–Kier alpha value is -2.82. The van der Waals surface area contributed by atoms with Crippen molar-refractivity contribution >= 4 is 5.78 Å². The van der Waals surface area contributed by atoms with Gasteiger partial charge in [0.15, 0.2) is 5.78 Å². The molecular formula is C33H39FN2O. The van der Waals surface area contributed by atoms with Crippen molar-refractivity contribution in [2.45, 2.75) is 65.1 Å². The molecule has 1 fully saturated rings. The van der Waals surface area contributed by atoms with Gasteiger partial charge in [0.25, 0.3) is 0 Å². The minimum absolute atomic E-state index is 0.194. The summed E-state index contributed by atoms with van der Waals surface area (Å²) in [5.74, 6) is 0.726. The van der Waals surface area contributed by atoms with E-state index in [2.05, 4.69) is 53.1 Å². The summed E-state index contributed by atoms with van der Waals surface area (Å²) in [4.78, 5) is 18.1. The van der Waals surface area contributed by atoms with Crippen LogP contribution in [-0.4, -0.2) is 35.2 Å². The van der Waals surface area contributed by atoms with Crippen LogP contribution < -0.4 is 0 Å². The number of halogens is 1. The van der Waals surface area contributed by atoms with Crippen LogP contribution in [0.5, 0.6) is 0 Å². The number of benzene rings is 3. The van der Waals surface area contributed by atoms with Gasteiger partial charge in [0.1, 0.15) is 5.82 Å². The van der Waals surface area contributed by atoms with E-state index in [1.54, 1.807) is 0 Å². The van der Waals surface area contributed by atoms with Crippen LogP contribution in [0.2, 0.25) is 0 Å². The second-order valence-electron chi connectivity index (χ2n) is 11.0. The maximum absolute atomic E-state index is 13.3. The number of piperidine rings is 1. The van der Waals surface area contributed by atoms with E-state index in [0.29, 0.717) is 12.3 Å². The highest BCUT2D eigenvalue weighted by atomic mass is 19.1. The van der Waals surface area contributed by atoms with Gasteiger partial charge in [-0.05, 0) is 111 Å². The van der Waals surface area contributed by atoms with Crippen LogP contribution in [0.25, 0.3) is 0 Å². The van der Waals surface area contributed by atoms with E-state index in [1.165, 1.54) is 47.2 Å². The largest absolute Gasteiger partial charge is 0.299 e. The van der Waals surface area contributed by atoms with Gasteiger partial charge < -0.3 is 0 Å². The summed E-state index contributed by atoms with van der Waals surface area (Å²) in [6.07, 6.45) is 6.14. The summed E-state index contributed by atoms with van der Waals surface area (Å²) in [5, 5.41) is 0. The molecule has 2 aliphatic rings. The Labute approximate surface area is 221 Å². The molecule has 2 heterocycles. The number of hydrogen-bond donors (Lipinski definition) is 0. The van der Waals surface area contributed by atoms with Crippen molar-refractivity contribution in [1.29, 1.82) is 0 Å². The number of Topliss-reactive ketones (excluding diaryl/α,β-unsaturated/α-hetero) is 1. The molecule has 37 heavy (non-hydrogen) atoms. The van der Waals surface area contributed by atoms with E-state index in [1.807, 2.05) is 18.2 Å². The number of fused-ring (bicyclic) bond motifs is 1. The van der Waals surface area contributed by atoms with Gasteiger partial charge in [-0.15, -0.1) is 0 Å². The molecule has 5 rings (SSSR count). The van der Waals surface area contributed by atoms with Gasteiger partial charge in [0.05, 0.1) is 0 Å². The van der Waals surface area contributed by atoms with Gasteiger partial charge >= 0.3 is 0 Å². The monoisotopic (exact) mass is 498 g/mol. The third kappa shape index (κ3) is 6.94. The standard InChI is InChI=1S/C33H39FN2O/c1-25-5-2-3-6-30(25)23-35-19-16-26(17-20-35)10-15-33(37)29-12-11-28-7-4-18-36(24-31(28)21-29)22-27-8-13-32(34)14-9-27/h2-3,5-6,8-9,11-14,21,26H,4,7,10,15-20,22-24H2,1H3. The number of carbonyl (C=O) groups is 1.